The van der Waals surface area contributed by atoms with Gasteiger partial charge in [-0.15, -0.1) is 0 Å². The predicted molar refractivity (Wildman–Crippen MR) is 90.9 cm³/mol. The van der Waals surface area contributed by atoms with Crippen LogP contribution in [0.2, 0.25) is 0 Å². The molecule has 0 saturated heterocycles. The number of aromatic nitrogens is 2. The quantitative estimate of drug-likeness (QED) is 0.551. The number of hydrogen-bond acceptors (Lipinski definition) is 2. The SMILES string of the molecule is c1ccc2ncc(CCc3cnc4ccccc4c3)cc2c1. The fraction of sp³-hybridized carbons (Fsp3) is 0.100. The lowest BCUT2D eigenvalue weighted by Crippen LogP contribution is -1.94. The van der Waals surface area contributed by atoms with Crippen LogP contribution in [0, 0.1) is 0 Å². The predicted octanol–water partition coefficient (Wildman–Crippen LogP) is 4.57. The third-order valence-electron chi connectivity index (χ3n) is 4.00. The van der Waals surface area contributed by atoms with Gasteiger partial charge in [0.2, 0.25) is 0 Å². The van der Waals surface area contributed by atoms with E-state index >= 15 is 0 Å². The zero-order valence-corrected chi connectivity index (χ0v) is 12.2. The molecule has 0 aliphatic heterocycles. The maximum Gasteiger partial charge on any atom is 0.0702 e. The Balaban J connectivity index is 1.57. The molecule has 0 saturated carbocycles. The first-order valence-electron chi connectivity index (χ1n) is 7.56. The fourth-order valence-electron chi connectivity index (χ4n) is 2.80. The highest BCUT2D eigenvalue weighted by atomic mass is 14.7. The molecule has 22 heavy (non-hydrogen) atoms. The van der Waals surface area contributed by atoms with Gasteiger partial charge in [0, 0.05) is 23.2 Å². The number of nitrogens with zero attached hydrogens (tertiary/aromatic N) is 2. The van der Waals surface area contributed by atoms with Gasteiger partial charge >= 0.3 is 0 Å². The molecule has 0 aliphatic rings. The second-order valence-corrected chi connectivity index (χ2v) is 5.57. The molecular weight excluding hydrogens is 268 g/mol. The third kappa shape index (κ3) is 2.56. The monoisotopic (exact) mass is 284 g/mol. The lowest BCUT2D eigenvalue weighted by atomic mass is 10.0. The van der Waals surface area contributed by atoms with Crippen molar-refractivity contribution in [2.45, 2.75) is 12.8 Å². The van der Waals surface area contributed by atoms with Crippen LogP contribution in [0.3, 0.4) is 0 Å². The summed E-state index contributed by atoms with van der Waals surface area (Å²) in [6.45, 7) is 0. The summed E-state index contributed by atoms with van der Waals surface area (Å²) in [5.74, 6) is 0. The van der Waals surface area contributed by atoms with Crippen molar-refractivity contribution in [2.24, 2.45) is 0 Å². The first-order chi connectivity index (χ1) is 10.9. The van der Waals surface area contributed by atoms with Gasteiger partial charge in [0.15, 0.2) is 0 Å². The Hall–Kier alpha value is -2.74. The maximum absolute atomic E-state index is 4.53. The van der Waals surface area contributed by atoms with Crippen molar-refractivity contribution in [1.82, 2.24) is 9.97 Å². The average molecular weight is 284 g/mol. The molecule has 0 spiro atoms. The van der Waals surface area contributed by atoms with E-state index in [4.69, 9.17) is 0 Å². The van der Waals surface area contributed by atoms with Gasteiger partial charge in [-0.1, -0.05) is 36.4 Å². The normalized spacial score (nSPS) is 11.1. The lowest BCUT2D eigenvalue weighted by molar-refractivity contribution is 0.949. The van der Waals surface area contributed by atoms with Crippen molar-refractivity contribution in [3.05, 3.63) is 84.2 Å². The molecule has 0 atom stereocenters. The highest BCUT2D eigenvalue weighted by Crippen LogP contribution is 2.16. The van der Waals surface area contributed by atoms with Gasteiger partial charge in [0.05, 0.1) is 11.0 Å². The highest BCUT2D eigenvalue weighted by molar-refractivity contribution is 5.79. The second-order valence-electron chi connectivity index (χ2n) is 5.57. The Morgan fingerprint density at radius 2 is 1.05 bits per heavy atom. The summed E-state index contributed by atoms with van der Waals surface area (Å²) in [6, 6.07) is 21.0. The number of para-hydroxylation sites is 2. The molecule has 2 aromatic heterocycles. The minimum atomic E-state index is 0.984. The first-order valence-corrected chi connectivity index (χ1v) is 7.56. The molecule has 106 valence electrons. The smallest absolute Gasteiger partial charge is 0.0702 e. The largest absolute Gasteiger partial charge is 0.256 e. The van der Waals surface area contributed by atoms with Crippen LogP contribution >= 0.6 is 0 Å². The van der Waals surface area contributed by atoms with Crippen molar-refractivity contribution in [3.63, 3.8) is 0 Å². The summed E-state index contributed by atoms with van der Waals surface area (Å²) in [6.07, 6.45) is 5.93. The molecule has 0 fully saturated rings. The lowest BCUT2D eigenvalue weighted by Gasteiger charge is -2.05. The van der Waals surface area contributed by atoms with Gasteiger partial charge in [-0.25, -0.2) is 0 Å². The molecule has 0 amide bonds. The maximum atomic E-state index is 4.53. The molecular formula is C20H16N2. The summed E-state index contributed by atoms with van der Waals surface area (Å²) >= 11 is 0. The number of benzene rings is 2. The Morgan fingerprint density at radius 3 is 1.55 bits per heavy atom. The van der Waals surface area contributed by atoms with Crippen LogP contribution in [0.5, 0.6) is 0 Å². The van der Waals surface area contributed by atoms with Gasteiger partial charge in [-0.2, -0.15) is 0 Å². The van der Waals surface area contributed by atoms with E-state index in [0.717, 1.165) is 23.9 Å². The van der Waals surface area contributed by atoms with Crippen molar-refractivity contribution in [3.8, 4) is 0 Å². The summed E-state index contributed by atoms with van der Waals surface area (Å²) in [5.41, 5.74) is 4.65. The van der Waals surface area contributed by atoms with Gasteiger partial charge in [-0.05, 0) is 48.2 Å². The van der Waals surface area contributed by atoms with Gasteiger partial charge in [0.25, 0.3) is 0 Å². The van der Waals surface area contributed by atoms with Crippen molar-refractivity contribution in [1.29, 1.82) is 0 Å². The minimum absolute atomic E-state index is 0.984. The molecule has 0 unspecified atom stereocenters. The molecule has 0 radical (unpaired) electrons. The Kier molecular flexibility index (Phi) is 3.28. The van der Waals surface area contributed by atoms with Crippen LogP contribution in [-0.2, 0) is 12.8 Å². The minimum Gasteiger partial charge on any atom is -0.256 e. The molecule has 4 rings (SSSR count). The average Bonchev–Trinajstić information content (AvgIpc) is 2.59. The topological polar surface area (TPSA) is 25.8 Å². The number of fused-ring (bicyclic) bond motifs is 2. The van der Waals surface area contributed by atoms with Gasteiger partial charge < -0.3 is 0 Å². The molecule has 2 nitrogen and oxygen atoms in total. The van der Waals surface area contributed by atoms with E-state index < -0.39 is 0 Å². The van der Waals surface area contributed by atoms with E-state index in [0.29, 0.717) is 0 Å². The molecule has 0 aliphatic carbocycles. The van der Waals surface area contributed by atoms with Crippen LogP contribution in [0.1, 0.15) is 11.1 Å². The van der Waals surface area contributed by atoms with Gasteiger partial charge in [-0.3, -0.25) is 9.97 Å². The summed E-state index contributed by atoms with van der Waals surface area (Å²) < 4.78 is 0. The van der Waals surface area contributed by atoms with E-state index in [-0.39, 0.29) is 0 Å². The number of rotatable bonds is 3. The molecule has 0 N–H and O–H groups in total. The molecule has 2 heterocycles. The van der Waals surface area contributed by atoms with Crippen LogP contribution in [-0.4, -0.2) is 9.97 Å². The summed E-state index contributed by atoms with van der Waals surface area (Å²) in [4.78, 5) is 9.06. The van der Waals surface area contributed by atoms with Crippen LogP contribution in [0.25, 0.3) is 21.8 Å². The summed E-state index contributed by atoms with van der Waals surface area (Å²) in [7, 11) is 0. The zero-order chi connectivity index (χ0) is 14.8. The number of pyridine rings is 2. The van der Waals surface area contributed by atoms with E-state index in [1.165, 1.54) is 21.9 Å². The van der Waals surface area contributed by atoms with E-state index in [1.807, 2.05) is 36.7 Å². The standard InChI is InChI=1S/C20H16N2/c1-3-7-19-17(5-1)11-15(13-21-19)9-10-16-12-18-6-2-4-8-20(18)22-14-16/h1-8,11-14H,9-10H2. The highest BCUT2D eigenvalue weighted by Gasteiger charge is 2.01. The van der Waals surface area contributed by atoms with Crippen molar-refractivity contribution >= 4 is 21.8 Å². The van der Waals surface area contributed by atoms with Crippen LogP contribution in [0.15, 0.2) is 73.1 Å². The third-order valence-corrected chi connectivity index (χ3v) is 4.00. The molecule has 0 bridgehead atoms. The van der Waals surface area contributed by atoms with Gasteiger partial charge in [0.1, 0.15) is 0 Å². The Bertz CT molecular complexity index is 865. The number of aryl methyl sites for hydroxylation is 2. The second kappa shape index (κ2) is 5.57. The Morgan fingerprint density at radius 1 is 0.591 bits per heavy atom. The van der Waals surface area contributed by atoms with Crippen LogP contribution < -0.4 is 0 Å². The zero-order valence-electron chi connectivity index (χ0n) is 12.2. The molecule has 2 heteroatoms. The van der Waals surface area contributed by atoms with Crippen LogP contribution in [0.4, 0.5) is 0 Å². The molecule has 2 aromatic carbocycles. The van der Waals surface area contributed by atoms with E-state index in [2.05, 4.69) is 46.4 Å². The fourth-order valence-corrected chi connectivity index (χ4v) is 2.80. The van der Waals surface area contributed by atoms with Crippen molar-refractivity contribution in [2.75, 3.05) is 0 Å². The molecule has 4 aromatic rings. The summed E-state index contributed by atoms with van der Waals surface area (Å²) in [5, 5.41) is 2.41. The van der Waals surface area contributed by atoms with Crippen molar-refractivity contribution < 1.29 is 0 Å². The Labute approximate surface area is 129 Å². The number of hydrogen-bond donors (Lipinski definition) is 0. The van der Waals surface area contributed by atoms with E-state index in [9.17, 15) is 0 Å². The first kappa shape index (κ1) is 13.0. The van der Waals surface area contributed by atoms with E-state index in [1.54, 1.807) is 0 Å².